The van der Waals surface area contributed by atoms with E-state index in [4.69, 9.17) is 4.74 Å². The summed E-state index contributed by atoms with van der Waals surface area (Å²) in [5.41, 5.74) is -0.0885. The summed E-state index contributed by atoms with van der Waals surface area (Å²) in [5.74, 6) is 0.905. The molecule has 0 spiro atoms. The molecule has 0 aliphatic heterocycles. The van der Waals surface area contributed by atoms with Crippen molar-refractivity contribution in [3.05, 3.63) is 24.3 Å². The number of methoxy groups -OCH3 is 1. The van der Waals surface area contributed by atoms with Gasteiger partial charge in [0.15, 0.2) is 0 Å². The molecular formula is C15H23NO2S. The van der Waals surface area contributed by atoms with Crippen LogP contribution >= 0.6 is 11.8 Å². The van der Waals surface area contributed by atoms with E-state index in [0.717, 1.165) is 18.6 Å². The second-order valence-corrected chi connectivity index (χ2v) is 6.58. The molecule has 1 aromatic carbocycles. The quantitative estimate of drug-likeness (QED) is 0.871. The average molecular weight is 281 g/mol. The summed E-state index contributed by atoms with van der Waals surface area (Å²) in [7, 11) is 3.65. The Morgan fingerprint density at radius 2 is 2.37 bits per heavy atom. The molecule has 0 saturated heterocycles. The fraction of sp³-hybridized carbons (Fsp3) is 0.600. The number of thioether (sulfide) groups is 1. The van der Waals surface area contributed by atoms with E-state index in [-0.39, 0.29) is 12.1 Å². The molecule has 19 heavy (non-hydrogen) atoms. The Bertz CT molecular complexity index is 407. The standard InChI is InChI=1S/C15H23NO2S/c1-16-15(11-17)8-4-7-14(10-15)19-13-6-3-5-12(9-13)18-2/h3,5-6,9,14,16-17H,4,7-8,10-11H2,1-2H3. The molecule has 2 atom stereocenters. The first-order chi connectivity index (χ1) is 9.21. The van der Waals surface area contributed by atoms with Crippen LogP contribution in [-0.4, -0.2) is 36.7 Å². The zero-order valence-corrected chi connectivity index (χ0v) is 12.5. The second-order valence-electron chi connectivity index (χ2n) is 5.20. The fourth-order valence-electron chi connectivity index (χ4n) is 2.73. The summed E-state index contributed by atoms with van der Waals surface area (Å²) < 4.78 is 5.26. The monoisotopic (exact) mass is 281 g/mol. The summed E-state index contributed by atoms with van der Waals surface area (Å²) in [6.07, 6.45) is 4.46. The van der Waals surface area contributed by atoms with E-state index in [0.29, 0.717) is 5.25 Å². The van der Waals surface area contributed by atoms with Crippen molar-refractivity contribution in [1.29, 1.82) is 0 Å². The molecule has 106 valence electrons. The van der Waals surface area contributed by atoms with Crippen LogP contribution in [0.4, 0.5) is 0 Å². The van der Waals surface area contributed by atoms with Gasteiger partial charge in [0.05, 0.1) is 13.7 Å². The third kappa shape index (κ3) is 3.65. The van der Waals surface area contributed by atoms with Gasteiger partial charge < -0.3 is 15.2 Å². The first kappa shape index (κ1) is 14.7. The van der Waals surface area contributed by atoms with Crippen LogP contribution in [0.3, 0.4) is 0 Å². The van der Waals surface area contributed by atoms with Crippen molar-refractivity contribution >= 4 is 11.8 Å². The van der Waals surface area contributed by atoms with Gasteiger partial charge in [-0.1, -0.05) is 12.5 Å². The third-order valence-corrected chi connectivity index (χ3v) is 5.24. The molecule has 1 aliphatic carbocycles. The molecule has 1 aliphatic rings. The van der Waals surface area contributed by atoms with Gasteiger partial charge >= 0.3 is 0 Å². The Kier molecular flexibility index (Phi) is 5.13. The predicted octanol–water partition coefficient (Wildman–Crippen LogP) is 2.68. The van der Waals surface area contributed by atoms with E-state index in [1.165, 1.54) is 17.7 Å². The molecule has 3 nitrogen and oxygen atoms in total. The minimum absolute atomic E-state index is 0.0885. The highest BCUT2D eigenvalue weighted by atomic mass is 32.2. The van der Waals surface area contributed by atoms with Crippen molar-refractivity contribution in [3.8, 4) is 5.75 Å². The largest absolute Gasteiger partial charge is 0.497 e. The van der Waals surface area contributed by atoms with Gasteiger partial charge in [-0.15, -0.1) is 11.8 Å². The van der Waals surface area contributed by atoms with Crippen LogP contribution in [0, 0.1) is 0 Å². The maximum Gasteiger partial charge on any atom is 0.119 e. The fourth-order valence-corrected chi connectivity index (χ4v) is 4.14. The highest BCUT2D eigenvalue weighted by Gasteiger charge is 2.34. The molecule has 4 heteroatoms. The molecule has 2 N–H and O–H groups in total. The first-order valence-electron chi connectivity index (χ1n) is 6.82. The Morgan fingerprint density at radius 3 is 3.05 bits per heavy atom. The number of hydrogen-bond acceptors (Lipinski definition) is 4. The zero-order valence-electron chi connectivity index (χ0n) is 11.7. The van der Waals surface area contributed by atoms with Gasteiger partial charge in [-0.05, 0) is 44.5 Å². The van der Waals surface area contributed by atoms with Crippen molar-refractivity contribution in [3.63, 3.8) is 0 Å². The number of likely N-dealkylation sites (N-methyl/N-ethyl adjacent to an activating group) is 1. The maximum atomic E-state index is 9.62. The van der Waals surface area contributed by atoms with Gasteiger partial charge in [-0.2, -0.15) is 0 Å². The van der Waals surface area contributed by atoms with Crippen LogP contribution in [0.1, 0.15) is 25.7 Å². The Labute approximate surface area is 119 Å². The number of aliphatic hydroxyl groups is 1. The smallest absolute Gasteiger partial charge is 0.119 e. The molecule has 0 bridgehead atoms. The molecule has 1 aromatic rings. The summed E-state index contributed by atoms with van der Waals surface area (Å²) in [6, 6.07) is 8.21. The Morgan fingerprint density at radius 1 is 1.53 bits per heavy atom. The lowest BCUT2D eigenvalue weighted by Crippen LogP contribution is -2.50. The van der Waals surface area contributed by atoms with Crippen LogP contribution in [0.25, 0.3) is 0 Å². The number of rotatable bonds is 5. The van der Waals surface area contributed by atoms with E-state index < -0.39 is 0 Å². The summed E-state index contributed by atoms with van der Waals surface area (Å²) in [5, 5.41) is 13.5. The molecular weight excluding hydrogens is 258 g/mol. The van der Waals surface area contributed by atoms with Crippen molar-refractivity contribution in [2.75, 3.05) is 20.8 Å². The van der Waals surface area contributed by atoms with Crippen LogP contribution < -0.4 is 10.1 Å². The van der Waals surface area contributed by atoms with Crippen LogP contribution in [0.2, 0.25) is 0 Å². The van der Waals surface area contributed by atoms with Crippen molar-refractivity contribution in [2.24, 2.45) is 0 Å². The lowest BCUT2D eigenvalue weighted by Gasteiger charge is -2.39. The van der Waals surface area contributed by atoms with Crippen molar-refractivity contribution in [2.45, 2.75) is 41.4 Å². The minimum Gasteiger partial charge on any atom is -0.497 e. The molecule has 2 rings (SSSR count). The molecule has 0 amide bonds. The lowest BCUT2D eigenvalue weighted by atomic mass is 9.82. The predicted molar refractivity (Wildman–Crippen MR) is 80.0 cm³/mol. The highest BCUT2D eigenvalue weighted by Crippen LogP contribution is 2.38. The summed E-state index contributed by atoms with van der Waals surface area (Å²) in [4.78, 5) is 1.24. The van der Waals surface area contributed by atoms with Gasteiger partial charge in [-0.25, -0.2) is 0 Å². The van der Waals surface area contributed by atoms with Crippen LogP contribution in [0.5, 0.6) is 5.75 Å². The van der Waals surface area contributed by atoms with Crippen molar-refractivity contribution < 1.29 is 9.84 Å². The Balaban J connectivity index is 2.02. The van der Waals surface area contributed by atoms with Gasteiger partial charge in [-0.3, -0.25) is 0 Å². The lowest BCUT2D eigenvalue weighted by molar-refractivity contribution is 0.131. The average Bonchev–Trinajstić information content (AvgIpc) is 2.47. The summed E-state index contributed by atoms with van der Waals surface area (Å²) >= 11 is 1.90. The van der Waals surface area contributed by atoms with Gasteiger partial charge in [0, 0.05) is 15.7 Å². The topological polar surface area (TPSA) is 41.5 Å². The minimum atomic E-state index is -0.0885. The molecule has 0 radical (unpaired) electrons. The number of ether oxygens (including phenoxy) is 1. The highest BCUT2D eigenvalue weighted by molar-refractivity contribution is 8.00. The maximum absolute atomic E-state index is 9.62. The Hall–Kier alpha value is -0.710. The first-order valence-corrected chi connectivity index (χ1v) is 7.70. The van der Waals surface area contributed by atoms with E-state index in [2.05, 4.69) is 17.4 Å². The normalized spacial score (nSPS) is 27.2. The van der Waals surface area contributed by atoms with Gasteiger partial charge in [0.25, 0.3) is 0 Å². The molecule has 0 heterocycles. The second kappa shape index (κ2) is 6.64. The molecule has 0 aromatic heterocycles. The number of hydrogen-bond donors (Lipinski definition) is 2. The van der Waals surface area contributed by atoms with Gasteiger partial charge in [0.1, 0.15) is 5.75 Å². The zero-order chi connectivity index (χ0) is 13.7. The van der Waals surface area contributed by atoms with E-state index in [1.54, 1.807) is 7.11 Å². The van der Waals surface area contributed by atoms with Crippen LogP contribution in [-0.2, 0) is 0 Å². The van der Waals surface area contributed by atoms with E-state index in [9.17, 15) is 5.11 Å². The SMILES string of the molecule is CNC1(CO)CCCC(Sc2cccc(OC)c2)C1. The van der Waals surface area contributed by atoms with Crippen LogP contribution in [0.15, 0.2) is 29.2 Å². The third-order valence-electron chi connectivity index (χ3n) is 3.98. The number of nitrogens with one attached hydrogen (secondary N) is 1. The number of benzene rings is 1. The van der Waals surface area contributed by atoms with E-state index >= 15 is 0 Å². The number of aliphatic hydroxyl groups excluding tert-OH is 1. The van der Waals surface area contributed by atoms with Crippen molar-refractivity contribution in [1.82, 2.24) is 5.32 Å². The molecule has 2 unspecified atom stereocenters. The van der Waals surface area contributed by atoms with E-state index in [1.807, 2.05) is 30.9 Å². The van der Waals surface area contributed by atoms with Gasteiger partial charge in [0.2, 0.25) is 0 Å². The molecule has 1 fully saturated rings. The molecule has 1 saturated carbocycles. The summed E-state index contributed by atoms with van der Waals surface area (Å²) in [6.45, 7) is 0.221.